The highest BCUT2D eigenvalue weighted by Gasteiger charge is 2.50. The molecule has 2 aliphatic heterocycles. The van der Waals surface area contributed by atoms with E-state index in [1.54, 1.807) is 7.11 Å². The number of sulfonamides is 1. The Morgan fingerprint density at radius 3 is 2.56 bits per heavy atom. The van der Waals surface area contributed by atoms with Crippen LogP contribution in [0, 0.1) is 5.92 Å². The minimum absolute atomic E-state index is 0.0308. The molecular formula is C23H31N3O5S. The van der Waals surface area contributed by atoms with E-state index in [9.17, 15) is 18.3 Å². The molecule has 32 heavy (non-hydrogen) atoms. The lowest BCUT2D eigenvalue weighted by Gasteiger charge is -2.51. The molecule has 1 saturated heterocycles. The third-order valence-electron chi connectivity index (χ3n) is 7.81. The highest BCUT2D eigenvalue weighted by atomic mass is 32.2. The molecule has 174 valence electrons. The molecule has 0 unspecified atom stereocenters. The lowest BCUT2D eigenvalue weighted by molar-refractivity contribution is -0.144. The normalized spacial score (nSPS) is 23.8. The Balaban J connectivity index is 1.63. The summed E-state index contributed by atoms with van der Waals surface area (Å²) in [5, 5.41) is 11.4. The first kappa shape index (κ1) is 21.7. The molecule has 3 heterocycles. The summed E-state index contributed by atoms with van der Waals surface area (Å²) in [6.45, 7) is 1.21. The molecule has 1 saturated carbocycles. The number of carbonyl (C=O) groups is 1. The number of nitrogens with one attached hydrogen (secondary N) is 1. The van der Waals surface area contributed by atoms with Crippen molar-refractivity contribution in [3.05, 3.63) is 29.5 Å². The maximum Gasteiger partial charge on any atom is 0.226 e. The van der Waals surface area contributed by atoms with Crippen molar-refractivity contribution in [1.82, 2.24) is 14.2 Å². The number of amides is 1. The van der Waals surface area contributed by atoms with Gasteiger partial charge in [0.25, 0.3) is 0 Å². The van der Waals surface area contributed by atoms with E-state index in [-0.39, 0.29) is 23.8 Å². The van der Waals surface area contributed by atoms with Crippen LogP contribution in [0.5, 0.6) is 5.75 Å². The van der Waals surface area contributed by atoms with Crippen molar-refractivity contribution in [3.8, 4) is 5.75 Å². The van der Waals surface area contributed by atoms with Gasteiger partial charge in [-0.1, -0.05) is 6.42 Å². The summed E-state index contributed by atoms with van der Waals surface area (Å²) in [4.78, 5) is 18.8. The molecule has 9 heteroatoms. The van der Waals surface area contributed by atoms with E-state index in [2.05, 4.69) is 4.98 Å². The second-order valence-electron chi connectivity index (χ2n) is 9.56. The summed E-state index contributed by atoms with van der Waals surface area (Å²) in [7, 11) is -1.63. The first-order chi connectivity index (χ1) is 15.3. The van der Waals surface area contributed by atoms with Crippen molar-refractivity contribution in [2.75, 3.05) is 39.6 Å². The van der Waals surface area contributed by atoms with Crippen molar-refractivity contribution in [3.63, 3.8) is 0 Å². The zero-order valence-corrected chi connectivity index (χ0v) is 19.5. The van der Waals surface area contributed by atoms with E-state index in [1.165, 1.54) is 10.6 Å². The first-order valence-electron chi connectivity index (χ1n) is 11.3. The largest absolute Gasteiger partial charge is 0.497 e. The predicted molar refractivity (Wildman–Crippen MR) is 121 cm³/mol. The molecule has 2 N–H and O–H groups in total. The number of rotatable bonds is 4. The monoisotopic (exact) mass is 461 g/mol. The highest BCUT2D eigenvalue weighted by molar-refractivity contribution is 7.88. The van der Waals surface area contributed by atoms with E-state index in [4.69, 9.17) is 4.74 Å². The Labute approximate surface area is 188 Å². The first-order valence-corrected chi connectivity index (χ1v) is 13.2. The van der Waals surface area contributed by atoms with Gasteiger partial charge in [0.15, 0.2) is 0 Å². The van der Waals surface area contributed by atoms with E-state index in [0.717, 1.165) is 47.2 Å². The number of piperidine rings is 1. The van der Waals surface area contributed by atoms with Crippen molar-refractivity contribution in [1.29, 1.82) is 0 Å². The van der Waals surface area contributed by atoms with Gasteiger partial charge in [-0.15, -0.1) is 0 Å². The second kappa shape index (κ2) is 7.74. The molecule has 1 aliphatic carbocycles. The van der Waals surface area contributed by atoms with Gasteiger partial charge < -0.3 is 19.7 Å². The molecule has 1 atom stereocenters. The van der Waals surface area contributed by atoms with Crippen LogP contribution < -0.4 is 4.74 Å². The number of aromatic nitrogens is 1. The number of aliphatic hydroxyl groups excluding tert-OH is 1. The van der Waals surface area contributed by atoms with Gasteiger partial charge in [-0.2, -0.15) is 0 Å². The second-order valence-corrected chi connectivity index (χ2v) is 11.5. The van der Waals surface area contributed by atoms with Crippen molar-refractivity contribution in [2.45, 2.75) is 43.6 Å². The van der Waals surface area contributed by atoms with Crippen molar-refractivity contribution in [2.24, 2.45) is 5.92 Å². The molecule has 1 amide bonds. The van der Waals surface area contributed by atoms with Crippen LogP contribution in [-0.2, 0) is 20.2 Å². The number of nitrogens with zero attached hydrogens (tertiary/aromatic N) is 2. The van der Waals surface area contributed by atoms with Gasteiger partial charge in [-0.25, -0.2) is 12.7 Å². The Morgan fingerprint density at radius 2 is 2.00 bits per heavy atom. The Bertz CT molecular complexity index is 1150. The summed E-state index contributed by atoms with van der Waals surface area (Å²) >= 11 is 0. The van der Waals surface area contributed by atoms with Crippen LogP contribution in [0.15, 0.2) is 18.2 Å². The van der Waals surface area contributed by atoms with Crippen LogP contribution in [0.2, 0.25) is 0 Å². The lowest BCUT2D eigenvalue weighted by atomic mass is 9.68. The molecular weight excluding hydrogens is 430 g/mol. The van der Waals surface area contributed by atoms with Gasteiger partial charge in [-0.05, 0) is 43.4 Å². The Hall–Kier alpha value is -2.10. The number of hydrogen-bond acceptors (Lipinski definition) is 5. The fourth-order valence-electron chi connectivity index (χ4n) is 5.78. The summed E-state index contributed by atoms with van der Waals surface area (Å²) in [6, 6.07) is 5.48. The third-order valence-corrected chi connectivity index (χ3v) is 9.11. The SMILES string of the molecule is COc1ccc2c3c([nH]c2c1)[C@H](CO)N(C(=O)C1CCC1)CC31CCN(S(C)(=O)=O)CC1. The van der Waals surface area contributed by atoms with Crippen LogP contribution >= 0.6 is 0 Å². The standard InChI is InChI=1S/C23H31N3O5S/c1-31-16-6-7-17-18(12-16)24-21-19(13-27)26(22(28)15-4-3-5-15)14-23(20(17)21)8-10-25(11-9-23)32(2,29)30/h6-7,12,15,19,24,27H,3-5,8-11,13-14H2,1-2H3/t19-/m0/s1. The lowest BCUT2D eigenvalue weighted by Crippen LogP contribution is -2.57. The number of hydrogen-bond donors (Lipinski definition) is 2. The van der Waals surface area contributed by atoms with Gasteiger partial charge in [-0.3, -0.25) is 4.79 Å². The third kappa shape index (κ3) is 3.33. The molecule has 1 aromatic carbocycles. The van der Waals surface area contributed by atoms with Gasteiger partial charge in [0.1, 0.15) is 5.75 Å². The number of carbonyl (C=O) groups excluding carboxylic acids is 1. The molecule has 2 aromatic rings. The average Bonchev–Trinajstić information content (AvgIpc) is 3.11. The number of benzene rings is 1. The molecule has 2 fully saturated rings. The summed E-state index contributed by atoms with van der Waals surface area (Å²) in [6.07, 6.45) is 5.40. The van der Waals surface area contributed by atoms with Crippen LogP contribution in [0.1, 0.15) is 49.4 Å². The summed E-state index contributed by atoms with van der Waals surface area (Å²) in [5.74, 6) is 0.880. The van der Waals surface area contributed by atoms with Gasteiger partial charge in [0.2, 0.25) is 15.9 Å². The average molecular weight is 462 g/mol. The fraction of sp³-hybridized carbons (Fsp3) is 0.609. The van der Waals surface area contributed by atoms with Gasteiger partial charge >= 0.3 is 0 Å². The van der Waals surface area contributed by atoms with E-state index in [1.807, 2.05) is 23.1 Å². The van der Waals surface area contributed by atoms with Crippen molar-refractivity contribution < 1.29 is 23.1 Å². The highest BCUT2D eigenvalue weighted by Crippen LogP contribution is 2.50. The van der Waals surface area contributed by atoms with Gasteiger partial charge in [0.05, 0.1) is 26.0 Å². The number of methoxy groups -OCH3 is 1. The van der Waals surface area contributed by atoms with Crippen LogP contribution in [-0.4, -0.2) is 73.2 Å². The van der Waals surface area contributed by atoms with E-state index >= 15 is 0 Å². The number of aliphatic hydroxyl groups is 1. The topological polar surface area (TPSA) is 103 Å². The van der Waals surface area contributed by atoms with Crippen LogP contribution in [0.4, 0.5) is 0 Å². The quantitative estimate of drug-likeness (QED) is 0.726. The molecule has 0 radical (unpaired) electrons. The van der Waals surface area contributed by atoms with E-state index in [0.29, 0.717) is 32.5 Å². The van der Waals surface area contributed by atoms with Crippen LogP contribution in [0.25, 0.3) is 10.9 Å². The van der Waals surface area contributed by atoms with Crippen LogP contribution in [0.3, 0.4) is 0 Å². The predicted octanol–water partition coefficient (Wildman–Crippen LogP) is 2.15. The Kier molecular flexibility index (Phi) is 5.26. The molecule has 5 rings (SSSR count). The minimum atomic E-state index is -3.26. The smallest absolute Gasteiger partial charge is 0.226 e. The number of fused-ring (bicyclic) bond motifs is 4. The van der Waals surface area contributed by atoms with E-state index < -0.39 is 16.1 Å². The maximum absolute atomic E-state index is 13.4. The Morgan fingerprint density at radius 1 is 1.28 bits per heavy atom. The minimum Gasteiger partial charge on any atom is -0.497 e. The molecule has 1 aromatic heterocycles. The van der Waals surface area contributed by atoms with Gasteiger partial charge in [0, 0.05) is 53.6 Å². The number of aromatic amines is 1. The summed E-state index contributed by atoms with van der Waals surface area (Å²) < 4.78 is 31.2. The zero-order valence-electron chi connectivity index (χ0n) is 18.6. The molecule has 3 aliphatic rings. The molecule has 0 bridgehead atoms. The fourth-order valence-corrected chi connectivity index (χ4v) is 6.63. The van der Waals surface area contributed by atoms with Crippen molar-refractivity contribution >= 4 is 26.8 Å². The molecule has 8 nitrogen and oxygen atoms in total. The molecule has 1 spiro atoms. The number of H-pyrrole nitrogens is 1. The zero-order chi connectivity index (χ0) is 22.7. The number of ether oxygens (including phenoxy) is 1. The maximum atomic E-state index is 13.4. The summed E-state index contributed by atoms with van der Waals surface area (Å²) in [5.41, 5.74) is 2.56.